The van der Waals surface area contributed by atoms with Crippen LogP contribution < -0.4 is 5.73 Å². The predicted octanol–water partition coefficient (Wildman–Crippen LogP) is 4.28. The van der Waals surface area contributed by atoms with Crippen LogP contribution in [0.1, 0.15) is 22.7 Å². The first kappa shape index (κ1) is 14.2. The molecule has 2 aromatic carbocycles. The molecule has 0 saturated heterocycles. The monoisotopic (exact) mass is 325 g/mol. The Bertz CT molecular complexity index is 578. The highest BCUT2D eigenvalue weighted by molar-refractivity contribution is 9.10. The van der Waals surface area contributed by atoms with E-state index in [2.05, 4.69) is 15.9 Å². The molecule has 0 aromatic heterocycles. The van der Waals surface area contributed by atoms with Gasteiger partial charge in [-0.25, -0.2) is 8.78 Å². The van der Waals surface area contributed by atoms with Gasteiger partial charge in [0.25, 0.3) is 0 Å². The Morgan fingerprint density at radius 3 is 2.32 bits per heavy atom. The van der Waals surface area contributed by atoms with Crippen molar-refractivity contribution in [2.24, 2.45) is 5.73 Å². The van der Waals surface area contributed by atoms with Crippen molar-refractivity contribution >= 4 is 15.9 Å². The molecule has 1 nitrogen and oxygen atoms in total. The Morgan fingerprint density at radius 1 is 1.11 bits per heavy atom. The average Bonchev–Trinajstić information content (AvgIpc) is 2.37. The van der Waals surface area contributed by atoms with Crippen LogP contribution in [0.4, 0.5) is 8.78 Å². The third kappa shape index (κ3) is 3.01. The summed E-state index contributed by atoms with van der Waals surface area (Å²) < 4.78 is 28.1. The summed E-state index contributed by atoms with van der Waals surface area (Å²) in [7, 11) is 0. The Hall–Kier alpha value is -1.26. The lowest BCUT2D eigenvalue weighted by Gasteiger charge is -2.16. The zero-order valence-electron chi connectivity index (χ0n) is 10.5. The van der Waals surface area contributed by atoms with E-state index in [1.165, 1.54) is 18.2 Å². The summed E-state index contributed by atoms with van der Waals surface area (Å²) >= 11 is 3.43. The van der Waals surface area contributed by atoms with Crippen LogP contribution in [-0.4, -0.2) is 0 Å². The summed E-state index contributed by atoms with van der Waals surface area (Å²) in [6, 6.07) is 9.06. The molecule has 0 aliphatic heterocycles. The smallest absolute Gasteiger partial charge is 0.129 e. The molecule has 2 rings (SSSR count). The average molecular weight is 326 g/mol. The van der Waals surface area contributed by atoms with E-state index in [1.807, 2.05) is 25.1 Å². The van der Waals surface area contributed by atoms with Gasteiger partial charge >= 0.3 is 0 Å². The van der Waals surface area contributed by atoms with Gasteiger partial charge in [-0.1, -0.05) is 34.1 Å². The van der Waals surface area contributed by atoms with E-state index in [4.69, 9.17) is 5.73 Å². The van der Waals surface area contributed by atoms with Gasteiger partial charge < -0.3 is 5.73 Å². The first-order chi connectivity index (χ1) is 9.00. The van der Waals surface area contributed by atoms with E-state index in [1.54, 1.807) is 0 Å². The zero-order chi connectivity index (χ0) is 14.0. The van der Waals surface area contributed by atoms with Crippen LogP contribution in [0.5, 0.6) is 0 Å². The van der Waals surface area contributed by atoms with Crippen LogP contribution in [-0.2, 0) is 6.42 Å². The molecule has 2 N–H and O–H groups in total. The van der Waals surface area contributed by atoms with Gasteiger partial charge in [0.2, 0.25) is 0 Å². The fourth-order valence-electron chi connectivity index (χ4n) is 2.08. The summed E-state index contributed by atoms with van der Waals surface area (Å²) in [5.41, 5.74) is 8.00. The van der Waals surface area contributed by atoms with Crippen molar-refractivity contribution < 1.29 is 8.78 Å². The highest BCUT2D eigenvalue weighted by Gasteiger charge is 2.16. The fraction of sp³-hybridized carbons (Fsp3) is 0.200. The molecule has 0 aliphatic rings. The van der Waals surface area contributed by atoms with E-state index in [0.29, 0.717) is 0 Å². The number of halogens is 3. The van der Waals surface area contributed by atoms with Crippen molar-refractivity contribution in [1.29, 1.82) is 0 Å². The van der Waals surface area contributed by atoms with Gasteiger partial charge in [-0.3, -0.25) is 0 Å². The van der Waals surface area contributed by atoms with Crippen LogP contribution in [0.25, 0.3) is 0 Å². The van der Waals surface area contributed by atoms with Crippen molar-refractivity contribution in [3.63, 3.8) is 0 Å². The highest BCUT2D eigenvalue weighted by Crippen LogP contribution is 2.26. The lowest BCUT2D eigenvalue weighted by atomic mass is 9.95. The number of nitrogens with two attached hydrogens (primary N) is 1. The quantitative estimate of drug-likeness (QED) is 0.895. The molecule has 0 bridgehead atoms. The van der Waals surface area contributed by atoms with Crippen molar-refractivity contribution in [1.82, 2.24) is 0 Å². The standard InChI is InChI=1S/C15H14BrF2N/c1-9-10(4-2-5-12(9)16)15(19)8-11-13(17)6-3-7-14(11)18/h2-7,15H,8,19H2,1H3. The number of rotatable bonds is 3. The molecule has 0 spiro atoms. The molecular formula is C15H14BrF2N. The molecule has 1 unspecified atom stereocenters. The summed E-state index contributed by atoms with van der Waals surface area (Å²) in [6.45, 7) is 1.93. The van der Waals surface area contributed by atoms with E-state index in [9.17, 15) is 8.78 Å². The van der Waals surface area contributed by atoms with Crippen LogP contribution in [0.15, 0.2) is 40.9 Å². The van der Waals surface area contributed by atoms with Gasteiger partial charge in [-0.2, -0.15) is 0 Å². The molecule has 2 aromatic rings. The third-order valence-electron chi connectivity index (χ3n) is 3.19. The lowest BCUT2D eigenvalue weighted by molar-refractivity contribution is 0.539. The minimum absolute atomic E-state index is 0.0365. The maximum atomic E-state index is 13.6. The van der Waals surface area contributed by atoms with Gasteiger partial charge in [0.15, 0.2) is 0 Å². The summed E-state index contributed by atoms with van der Waals surface area (Å²) in [5, 5.41) is 0. The van der Waals surface area contributed by atoms with Crippen molar-refractivity contribution in [3.05, 3.63) is 69.2 Å². The molecule has 0 radical (unpaired) electrons. The molecule has 0 aliphatic carbocycles. The normalized spacial score (nSPS) is 12.5. The Balaban J connectivity index is 2.31. The Morgan fingerprint density at radius 2 is 1.68 bits per heavy atom. The van der Waals surface area contributed by atoms with Gasteiger partial charge in [-0.05, 0) is 42.7 Å². The first-order valence-corrected chi connectivity index (χ1v) is 6.73. The minimum Gasteiger partial charge on any atom is -0.324 e. The molecule has 0 saturated carbocycles. The molecule has 0 amide bonds. The lowest BCUT2D eigenvalue weighted by Crippen LogP contribution is -2.16. The van der Waals surface area contributed by atoms with E-state index >= 15 is 0 Å². The van der Waals surface area contributed by atoms with Gasteiger partial charge in [0.05, 0.1) is 0 Å². The molecular weight excluding hydrogens is 312 g/mol. The van der Waals surface area contributed by atoms with Crippen LogP contribution in [0, 0.1) is 18.6 Å². The fourth-order valence-corrected chi connectivity index (χ4v) is 2.46. The predicted molar refractivity (Wildman–Crippen MR) is 75.9 cm³/mol. The highest BCUT2D eigenvalue weighted by atomic mass is 79.9. The second-order valence-electron chi connectivity index (χ2n) is 4.46. The maximum Gasteiger partial charge on any atom is 0.129 e. The summed E-state index contributed by atoms with van der Waals surface area (Å²) in [5.74, 6) is -1.11. The van der Waals surface area contributed by atoms with E-state index < -0.39 is 17.7 Å². The number of hydrogen-bond donors (Lipinski definition) is 1. The van der Waals surface area contributed by atoms with E-state index in [0.717, 1.165) is 15.6 Å². The molecule has 1 atom stereocenters. The van der Waals surface area contributed by atoms with E-state index in [-0.39, 0.29) is 12.0 Å². The van der Waals surface area contributed by atoms with Crippen LogP contribution >= 0.6 is 15.9 Å². The largest absolute Gasteiger partial charge is 0.324 e. The van der Waals surface area contributed by atoms with Crippen molar-refractivity contribution in [2.75, 3.05) is 0 Å². The zero-order valence-corrected chi connectivity index (χ0v) is 12.0. The second kappa shape index (κ2) is 5.80. The van der Waals surface area contributed by atoms with Gasteiger partial charge in [0.1, 0.15) is 11.6 Å². The van der Waals surface area contributed by atoms with Gasteiger partial charge in [-0.15, -0.1) is 0 Å². The van der Waals surface area contributed by atoms with Gasteiger partial charge in [0, 0.05) is 16.1 Å². The molecule has 0 fully saturated rings. The van der Waals surface area contributed by atoms with Crippen molar-refractivity contribution in [3.8, 4) is 0 Å². The summed E-state index contributed by atoms with van der Waals surface area (Å²) in [6.07, 6.45) is 0.135. The SMILES string of the molecule is Cc1c(Br)cccc1C(N)Cc1c(F)cccc1F. The maximum absolute atomic E-state index is 13.6. The molecule has 4 heteroatoms. The topological polar surface area (TPSA) is 26.0 Å². The van der Waals surface area contributed by atoms with Crippen LogP contribution in [0.2, 0.25) is 0 Å². The second-order valence-corrected chi connectivity index (χ2v) is 5.32. The first-order valence-electron chi connectivity index (χ1n) is 5.94. The number of benzene rings is 2. The molecule has 0 heterocycles. The molecule has 100 valence electrons. The molecule has 19 heavy (non-hydrogen) atoms. The third-order valence-corrected chi connectivity index (χ3v) is 4.05. The number of hydrogen-bond acceptors (Lipinski definition) is 1. The van der Waals surface area contributed by atoms with Crippen molar-refractivity contribution in [2.45, 2.75) is 19.4 Å². The Labute approximate surface area is 119 Å². The minimum atomic E-state index is -0.553. The Kier molecular flexibility index (Phi) is 4.32. The summed E-state index contributed by atoms with van der Waals surface area (Å²) in [4.78, 5) is 0. The van der Waals surface area contributed by atoms with Crippen LogP contribution in [0.3, 0.4) is 0 Å².